The highest BCUT2D eigenvalue weighted by atomic mass is 35.5. The standard InChI is InChI=1S/C14H24ClN3O2S/c1-4-8-17(10-13-5-6-13)21(19,20)14-11(2)16-18(9-7-15)12(14)3/h13H,4-10H2,1-3H3. The van der Waals surface area contributed by atoms with E-state index in [1.165, 1.54) is 0 Å². The van der Waals surface area contributed by atoms with Crippen LogP contribution in [0.1, 0.15) is 37.6 Å². The Kier molecular flexibility index (Phi) is 5.33. The van der Waals surface area contributed by atoms with Gasteiger partial charge in [0.2, 0.25) is 10.0 Å². The summed E-state index contributed by atoms with van der Waals surface area (Å²) in [6.45, 7) is 7.30. The number of alkyl halides is 1. The number of nitrogens with zero attached hydrogens (tertiary/aromatic N) is 3. The average Bonchev–Trinajstić information content (AvgIpc) is 3.16. The molecule has 5 nitrogen and oxygen atoms in total. The van der Waals surface area contributed by atoms with Gasteiger partial charge in [-0.15, -0.1) is 11.6 Å². The van der Waals surface area contributed by atoms with Crippen LogP contribution in [0.25, 0.3) is 0 Å². The van der Waals surface area contributed by atoms with Crippen molar-refractivity contribution in [2.24, 2.45) is 5.92 Å². The van der Waals surface area contributed by atoms with E-state index in [4.69, 9.17) is 11.6 Å². The summed E-state index contributed by atoms with van der Waals surface area (Å²) in [6, 6.07) is 0. The number of sulfonamides is 1. The second-order valence-electron chi connectivity index (χ2n) is 5.72. The van der Waals surface area contributed by atoms with Gasteiger partial charge in [0, 0.05) is 19.0 Å². The summed E-state index contributed by atoms with van der Waals surface area (Å²) in [5.41, 5.74) is 1.25. The van der Waals surface area contributed by atoms with Gasteiger partial charge < -0.3 is 0 Å². The molecule has 1 fully saturated rings. The quantitative estimate of drug-likeness (QED) is 0.687. The van der Waals surface area contributed by atoms with E-state index in [-0.39, 0.29) is 0 Å². The molecule has 0 radical (unpaired) electrons. The van der Waals surface area contributed by atoms with Crippen molar-refractivity contribution in [3.05, 3.63) is 11.4 Å². The van der Waals surface area contributed by atoms with Crippen LogP contribution in [-0.2, 0) is 16.6 Å². The van der Waals surface area contributed by atoms with Gasteiger partial charge >= 0.3 is 0 Å². The normalized spacial score (nSPS) is 15.9. The van der Waals surface area contributed by atoms with E-state index in [0.717, 1.165) is 19.3 Å². The molecule has 0 atom stereocenters. The molecule has 0 spiro atoms. The Morgan fingerprint density at radius 1 is 1.38 bits per heavy atom. The molecule has 0 aliphatic heterocycles. The number of rotatable bonds is 8. The summed E-state index contributed by atoms with van der Waals surface area (Å²) >= 11 is 5.75. The zero-order valence-electron chi connectivity index (χ0n) is 13.0. The van der Waals surface area contributed by atoms with Crippen molar-refractivity contribution in [3.8, 4) is 0 Å². The lowest BCUT2D eigenvalue weighted by Gasteiger charge is -2.21. The van der Waals surface area contributed by atoms with Gasteiger partial charge in [-0.25, -0.2) is 8.42 Å². The lowest BCUT2D eigenvalue weighted by molar-refractivity contribution is 0.395. The molecular formula is C14H24ClN3O2S. The smallest absolute Gasteiger partial charge is 0.246 e. The van der Waals surface area contributed by atoms with Crippen LogP contribution in [0, 0.1) is 19.8 Å². The fraction of sp³-hybridized carbons (Fsp3) is 0.786. The molecule has 0 amide bonds. The zero-order valence-corrected chi connectivity index (χ0v) is 14.5. The van der Waals surface area contributed by atoms with Crippen molar-refractivity contribution >= 4 is 21.6 Å². The van der Waals surface area contributed by atoms with Crippen molar-refractivity contribution in [2.75, 3.05) is 19.0 Å². The summed E-state index contributed by atoms with van der Waals surface area (Å²) < 4.78 is 29.3. The Hall–Kier alpha value is -0.590. The predicted octanol–water partition coefficient (Wildman–Crippen LogP) is 2.55. The predicted molar refractivity (Wildman–Crippen MR) is 84.2 cm³/mol. The molecule has 21 heavy (non-hydrogen) atoms. The second kappa shape index (κ2) is 6.67. The number of aromatic nitrogens is 2. The minimum Gasteiger partial charge on any atom is -0.267 e. The molecule has 1 heterocycles. The number of aryl methyl sites for hydroxylation is 2. The van der Waals surface area contributed by atoms with Gasteiger partial charge in [0.25, 0.3) is 0 Å². The monoisotopic (exact) mass is 333 g/mol. The summed E-state index contributed by atoms with van der Waals surface area (Å²) in [5.74, 6) is 0.951. The summed E-state index contributed by atoms with van der Waals surface area (Å²) in [5, 5.41) is 4.33. The molecule has 0 saturated heterocycles. The van der Waals surface area contributed by atoms with Crippen molar-refractivity contribution < 1.29 is 8.42 Å². The fourth-order valence-corrected chi connectivity index (χ4v) is 4.77. The highest BCUT2D eigenvalue weighted by Crippen LogP contribution is 2.32. The van der Waals surface area contributed by atoms with Crippen molar-refractivity contribution in [2.45, 2.75) is 51.5 Å². The summed E-state index contributed by atoms with van der Waals surface area (Å²) in [6.07, 6.45) is 3.10. The molecule has 1 aliphatic rings. The van der Waals surface area contributed by atoms with E-state index in [2.05, 4.69) is 5.10 Å². The van der Waals surface area contributed by atoms with Crippen molar-refractivity contribution in [1.29, 1.82) is 0 Å². The van der Waals surface area contributed by atoms with Crippen molar-refractivity contribution in [1.82, 2.24) is 14.1 Å². The van der Waals surface area contributed by atoms with Crippen LogP contribution in [-0.4, -0.2) is 41.5 Å². The van der Waals surface area contributed by atoms with Crippen LogP contribution in [0.4, 0.5) is 0 Å². The highest BCUT2D eigenvalue weighted by molar-refractivity contribution is 7.89. The lowest BCUT2D eigenvalue weighted by atomic mass is 10.4. The first-order valence-electron chi connectivity index (χ1n) is 7.52. The Labute approximate surface area is 132 Å². The minimum atomic E-state index is -3.47. The maximum atomic E-state index is 13.0. The van der Waals surface area contributed by atoms with Gasteiger partial charge in [-0.05, 0) is 39.0 Å². The van der Waals surface area contributed by atoms with Crippen LogP contribution in [0.15, 0.2) is 4.90 Å². The minimum absolute atomic E-state index is 0.363. The molecular weight excluding hydrogens is 310 g/mol. The number of hydrogen-bond donors (Lipinski definition) is 0. The fourth-order valence-electron chi connectivity index (χ4n) is 2.63. The molecule has 0 aromatic carbocycles. The number of halogens is 1. The Morgan fingerprint density at radius 2 is 2.05 bits per heavy atom. The molecule has 0 bridgehead atoms. The van der Waals surface area contributed by atoms with E-state index in [9.17, 15) is 8.42 Å². The first-order chi connectivity index (χ1) is 9.91. The van der Waals surface area contributed by atoms with Crippen LogP contribution in [0.5, 0.6) is 0 Å². The van der Waals surface area contributed by atoms with Crippen LogP contribution >= 0.6 is 11.6 Å². The van der Waals surface area contributed by atoms with E-state index >= 15 is 0 Å². The third-order valence-electron chi connectivity index (χ3n) is 3.84. The largest absolute Gasteiger partial charge is 0.267 e. The third kappa shape index (κ3) is 3.60. The first kappa shape index (κ1) is 16.8. The molecule has 2 rings (SSSR count). The van der Waals surface area contributed by atoms with Crippen LogP contribution in [0.2, 0.25) is 0 Å². The van der Waals surface area contributed by atoms with E-state index in [1.54, 1.807) is 22.8 Å². The summed E-state index contributed by atoms with van der Waals surface area (Å²) in [7, 11) is -3.47. The SMILES string of the molecule is CCCN(CC1CC1)S(=O)(=O)c1c(C)nn(CCCl)c1C. The van der Waals surface area contributed by atoms with E-state index in [0.29, 0.717) is 47.7 Å². The molecule has 1 saturated carbocycles. The topological polar surface area (TPSA) is 55.2 Å². The highest BCUT2D eigenvalue weighted by Gasteiger charge is 2.34. The first-order valence-corrected chi connectivity index (χ1v) is 9.49. The molecule has 1 aromatic heterocycles. The molecule has 1 aliphatic carbocycles. The van der Waals surface area contributed by atoms with Gasteiger partial charge in [0.05, 0.1) is 17.9 Å². The van der Waals surface area contributed by atoms with Crippen LogP contribution < -0.4 is 0 Å². The van der Waals surface area contributed by atoms with Crippen LogP contribution in [0.3, 0.4) is 0 Å². The molecule has 1 aromatic rings. The van der Waals surface area contributed by atoms with Gasteiger partial charge in [-0.1, -0.05) is 6.92 Å². The molecule has 0 N–H and O–H groups in total. The number of hydrogen-bond acceptors (Lipinski definition) is 3. The Morgan fingerprint density at radius 3 is 2.57 bits per heavy atom. The van der Waals surface area contributed by atoms with Crippen molar-refractivity contribution in [3.63, 3.8) is 0 Å². The zero-order chi connectivity index (χ0) is 15.6. The van der Waals surface area contributed by atoms with Gasteiger partial charge in [-0.3, -0.25) is 4.68 Å². The summed E-state index contributed by atoms with van der Waals surface area (Å²) in [4.78, 5) is 0.363. The second-order valence-corrected chi connectivity index (χ2v) is 7.97. The maximum Gasteiger partial charge on any atom is 0.246 e. The van der Waals surface area contributed by atoms with Gasteiger partial charge in [0.15, 0.2) is 0 Å². The Balaban J connectivity index is 2.36. The lowest BCUT2D eigenvalue weighted by Crippen LogP contribution is -2.34. The molecule has 0 unspecified atom stereocenters. The van der Waals surface area contributed by atoms with Gasteiger partial charge in [0.1, 0.15) is 4.90 Å². The molecule has 7 heteroatoms. The molecule has 120 valence electrons. The van der Waals surface area contributed by atoms with E-state index in [1.807, 2.05) is 6.92 Å². The van der Waals surface area contributed by atoms with Gasteiger partial charge in [-0.2, -0.15) is 9.40 Å². The van der Waals surface area contributed by atoms with E-state index < -0.39 is 10.0 Å². The third-order valence-corrected chi connectivity index (χ3v) is 6.13. The average molecular weight is 334 g/mol. The Bertz CT molecular complexity index is 594. The maximum absolute atomic E-state index is 13.0.